The summed E-state index contributed by atoms with van der Waals surface area (Å²) in [5, 5.41) is 9.82. The van der Waals surface area contributed by atoms with Crippen LogP contribution in [0.1, 0.15) is 63.7 Å². The number of carbonyl (C=O) groups excluding carboxylic acids is 5. The molecule has 2 aromatic heterocycles. The third-order valence-corrected chi connectivity index (χ3v) is 11.7. The lowest BCUT2D eigenvalue weighted by molar-refractivity contribution is -0.117. The predicted octanol–water partition coefficient (Wildman–Crippen LogP) is 6.95. The van der Waals surface area contributed by atoms with E-state index in [1.54, 1.807) is 26.0 Å². The van der Waals surface area contributed by atoms with Crippen LogP contribution in [-0.4, -0.2) is 91.9 Å². The summed E-state index contributed by atoms with van der Waals surface area (Å²) >= 11 is 0. The van der Waals surface area contributed by atoms with Gasteiger partial charge < -0.3 is 46.7 Å². The van der Waals surface area contributed by atoms with Crippen molar-refractivity contribution in [2.45, 2.75) is 46.7 Å². The second kappa shape index (κ2) is 24.4. The number of rotatable bonds is 18. The molecule has 2 fully saturated rings. The standard InChI is InChI=1S/C28H31N5O4.C26H29N5O3/c1-19(34)14-21-4-3-5-22(15-21)17-30-26-16-27(31-18-25(26)28(29)36)33(20(2)35)24-8-6-23(7-9-24)32-10-12-37-13-11-32;1-18(32)13-19-3-2-4-20(14-19)16-28-24-15-25(29-17-23(24)26(27)33)30-21-5-7-22(8-6-21)31-9-11-34-12-10-31/h3-9,15-16,18H,10-14,17H2,1-2H3,(H2,29,36)(H,30,31);2-8,14-15,17H,9-13,16H2,1H3,(H2,27,33)(H2,28,29,30). The van der Waals surface area contributed by atoms with Crippen LogP contribution in [0, 0.1) is 0 Å². The number of pyridine rings is 2. The molecule has 0 aliphatic carbocycles. The minimum Gasteiger partial charge on any atom is -0.380 e. The molecule has 0 saturated carbocycles. The SMILES string of the molecule is CC(=O)Cc1cccc(CNc2cc(N(C(C)=O)c3ccc(N4CCOCC4)cc3)ncc2C(N)=O)c1.CC(=O)Cc1cccc(CNc2cc(Nc3ccc(N4CCOCC4)cc3)ncc2C(N)=O)c1. The van der Waals surface area contributed by atoms with Gasteiger partial charge in [0, 0.05) is 101 Å². The Morgan fingerprint density at radius 2 is 1.03 bits per heavy atom. The molecule has 0 atom stereocenters. The van der Waals surface area contributed by atoms with Gasteiger partial charge in [0.15, 0.2) is 0 Å². The number of nitrogens with two attached hydrogens (primary N) is 2. The molecular formula is C54H60N10O7. The molecular weight excluding hydrogens is 901 g/mol. The summed E-state index contributed by atoms with van der Waals surface area (Å²) in [5.74, 6) is -0.244. The highest BCUT2D eigenvalue weighted by Crippen LogP contribution is 2.31. The van der Waals surface area contributed by atoms with Gasteiger partial charge in [0.1, 0.15) is 23.2 Å². The molecule has 7 N–H and O–H groups in total. The fourth-order valence-corrected chi connectivity index (χ4v) is 8.28. The molecule has 0 spiro atoms. The summed E-state index contributed by atoms with van der Waals surface area (Å²) in [6, 6.07) is 34.7. The summed E-state index contributed by atoms with van der Waals surface area (Å²) in [5.41, 5.74) is 20.3. The number of carbonyl (C=O) groups is 5. The van der Waals surface area contributed by atoms with E-state index in [1.165, 1.54) is 24.2 Å². The Morgan fingerprint density at radius 3 is 1.49 bits per heavy atom. The number of hydrogen-bond acceptors (Lipinski definition) is 14. The molecule has 4 aromatic carbocycles. The van der Waals surface area contributed by atoms with Gasteiger partial charge in [0.2, 0.25) is 5.91 Å². The molecule has 17 nitrogen and oxygen atoms in total. The number of morpholine rings is 2. The van der Waals surface area contributed by atoms with E-state index in [-0.39, 0.29) is 23.0 Å². The van der Waals surface area contributed by atoms with E-state index in [0.29, 0.717) is 73.4 Å². The maximum Gasteiger partial charge on any atom is 0.252 e. The number of ether oxygens (including phenoxy) is 2. The first kappa shape index (κ1) is 50.7. The Labute approximate surface area is 413 Å². The van der Waals surface area contributed by atoms with Crippen LogP contribution in [0.15, 0.2) is 122 Å². The minimum absolute atomic E-state index is 0.0854. The van der Waals surface area contributed by atoms with Crippen LogP contribution in [-0.2, 0) is 49.8 Å². The Morgan fingerprint density at radius 1 is 0.577 bits per heavy atom. The van der Waals surface area contributed by atoms with Gasteiger partial charge in [-0.25, -0.2) is 9.97 Å². The molecule has 4 heterocycles. The second-order valence-electron chi connectivity index (χ2n) is 17.3. The molecule has 0 bridgehead atoms. The highest BCUT2D eigenvalue weighted by atomic mass is 16.5. The zero-order valence-electron chi connectivity index (χ0n) is 40.3. The van der Waals surface area contributed by atoms with E-state index >= 15 is 0 Å². The first-order chi connectivity index (χ1) is 34.3. The Balaban J connectivity index is 0.000000209. The zero-order chi connectivity index (χ0) is 50.3. The molecule has 2 aliphatic heterocycles. The van der Waals surface area contributed by atoms with Crippen LogP contribution in [0.4, 0.5) is 45.8 Å². The Hall–Kier alpha value is -8.15. The van der Waals surface area contributed by atoms with Crippen molar-refractivity contribution in [2.24, 2.45) is 11.5 Å². The third kappa shape index (κ3) is 14.4. The fourth-order valence-electron chi connectivity index (χ4n) is 8.28. The van der Waals surface area contributed by atoms with E-state index in [2.05, 4.69) is 47.9 Å². The molecule has 8 rings (SSSR count). The summed E-state index contributed by atoms with van der Waals surface area (Å²) in [6.07, 6.45) is 3.61. The fraction of sp³-hybridized carbons (Fsp3) is 0.278. The van der Waals surface area contributed by atoms with Crippen molar-refractivity contribution in [1.29, 1.82) is 0 Å². The molecule has 0 radical (unpaired) electrons. The number of Topliss-reactive ketones (excluding diaryl/α,β-unsaturated/α-hetero) is 2. The number of benzene rings is 4. The lowest BCUT2D eigenvalue weighted by Gasteiger charge is -2.29. The molecule has 6 aromatic rings. The molecule has 0 unspecified atom stereocenters. The average molecular weight is 961 g/mol. The Bertz CT molecular complexity index is 2830. The van der Waals surface area contributed by atoms with E-state index in [9.17, 15) is 24.0 Å². The number of nitrogens with one attached hydrogen (secondary N) is 3. The minimum atomic E-state index is -0.629. The normalized spacial score (nSPS) is 13.3. The number of amides is 3. The molecule has 17 heteroatoms. The number of nitrogens with zero attached hydrogens (tertiary/aromatic N) is 5. The van der Waals surface area contributed by atoms with Crippen molar-refractivity contribution >= 4 is 75.0 Å². The second-order valence-corrected chi connectivity index (χ2v) is 17.3. The summed E-state index contributed by atoms with van der Waals surface area (Å²) in [7, 11) is 0. The molecule has 368 valence electrons. The van der Waals surface area contributed by atoms with Gasteiger partial charge in [0.25, 0.3) is 11.8 Å². The summed E-state index contributed by atoms with van der Waals surface area (Å²) in [4.78, 5) is 74.4. The van der Waals surface area contributed by atoms with Crippen LogP contribution in [0.2, 0.25) is 0 Å². The Kier molecular flexibility index (Phi) is 17.4. The lowest BCUT2D eigenvalue weighted by Crippen LogP contribution is -2.36. The topological polar surface area (TPSA) is 227 Å². The molecule has 2 saturated heterocycles. The van der Waals surface area contributed by atoms with Gasteiger partial charge in [-0.1, -0.05) is 48.5 Å². The van der Waals surface area contributed by atoms with Crippen LogP contribution >= 0.6 is 0 Å². The van der Waals surface area contributed by atoms with Crippen molar-refractivity contribution in [3.63, 3.8) is 0 Å². The highest BCUT2D eigenvalue weighted by molar-refractivity contribution is 6.02. The van der Waals surface area contributed by atoms with Gasteiger partial charge in [-0.3, -0.25) is 28.9 Å². The van der Waals surface area contributed by atoms with E-state index < -0.39 is 11.8 Å². The molecule has 2 aliphatic rings. The highest BCUT2D eigenvalue weighted by Gasteiger charge is 2.21. The smallest absolute Gasteiger partial charge is 0.252 e. The monoisotopic (exact) mass is 960 g/mol. The average Bonchev–Trinajstić information content (AvgIpc) is 3.36. The molecule has 71 heavy (non-hydrogen) atoms. The largest absolute Gasteiger partial charge is 0.380 e. The number of ketones is 2. The maximum atomic E-state index is 12.7. The maximum absolute atomic E-state index is 12.7. The number of aromatic nitrogens is 2. The quantitative estimate of drug-likeness (QED) is 0.0588. The van der Waals surface area contributed by atoms with Gasteiger partial charge in [-0.2, -0.15) is 0 Å². The van der Waals surface area contributed by atoms with Crippen LogP contribution in [0.25, 0.3) is 0 Å². The van der Waals surface area contributed by atoms with Crippen LogP contribution in [0.5, 0.6) is 0 Å². The van der Waals surface area contributed by atoms with Gasteiger partial charge in [-0.05, 0) is 84.6 Å². The van der Waals surface area contributed by atoms with E-state index in [1.807, 2.05) is 84.9 Å². The first-order valence-electron chi connectivity index (χ1n) is 23.4. The van der Waals surface area contributed by atoms with Crippen molar-refractivity contribution in [1.82, 2.24) is 9.97 Å². The van der Waals surface area contributed by atoms with Gasteiger partial charge in [0.05, 0.1) is 54.6 Å². The van der Waals surface area contributed by atoms with Gasteiger partial charge >= 0.3 is 0 Å². The van der Waals surface area contributed by atoms with E-state index in [0.717, 1.165) is 78.7 Å². The van der Waals surface area contributed by atoms with E-state index in [4.69, 9.17) is 20.9 Å². The number of anilines is 8. The van der Waals surface area contributed by atoms with Crippen molar-refractivity contribution in [3.05, 3.63) is 155 Å². The number of primary amides is 2. The van der Waals surface area contributed by atoms with Crippen molar-refractivity contribution in [2.75, 3.05) is 83.3 Å². The van der Waals surface area contributed by atoms with Crippen molar-refractivity contribution < 1.29 is 33.4 Å². The first-order valence-corrected chi connectivity index (χ1v) is 23.4. The summed E-state index contributed by atoms with van der Waals surface area (Å²) in [6.45, 7) is 11.7. The van der Waals surface area contributed by atoms with Crippen LogP contribution in [0.3, 0.4) is 0 Å². The van der Waals surface area contributed by atoms with Gasteiger partial charge in [-0.15, -0.1) is 0 Å². The number of hydrogen-bond donors (Lipinski definition) is 5. The lowest BCUT2D eigenvalue weighted by atomic mass is 10.1. The molecule has 3 amide bonds. The predicted molar refractivity (Wildman–Crippen MR) is 277 cm³/mol. The third-order valence-electron chi connectivity index (χ3n) is 11.7. The van der Waals surface area contributed by atoms with Crippen LogP contribution < -0.4 is 42.1 Å². The van der Waals surface area contributed by atoms with Crippen molar-refractivity contribution in [3.8, 4) is 0 Å². The summed E-state index contributed by atoms with van der Waals surface area (Å²) < 4.78 is 10.8. The zero-order valence-corrected chi connectivity index (χ0v) is 40.3.